The van der Waals surface area contributed by atoms with E-state index in [0.29, 0.717) is 12.6 Å². The van der Waals surface area contributed by atoms with Gasteiger partial charge in [0.2, 0.25) is 0 Å². The molecule has 1 aromatic carbocycles. The number of hydrogen-bond donors (Lipinski definition) is 2. The van der Waals surface area contributed by atoms with Crippen molar-refractivity contribution in [3.63, 3.8) is 0 Å². The van der Waals surface area contributed by atoms with Crippen LogP contribution in [0.15, 0.2) is 18.2 Å². The van der Waals surface area contributed by atoms with Crippen molar-refractivity contribution >= 4 is 17.3 Å². The predicted octanol–water partition coefficient (Wildman–Crippen LogP) is 3.44. The standard InChI is InChI=1S/C16H27ClN2O/c1-4-5-8-19(9-10-20)15-7-6-14(16(17)11-15)12-18-13(2)3/h6-7,11,13,18,20H,4-5,8-10,12H2,1-3H3. The van der Waals surface area contributed by atoms with Crippen LogP contribution in [0.1, 0.15) is 39.2 Å². The van der Waals surface area contributed by atoms with Crippen molar-refractivity contribution in [3.05, 3.63) is 28.8 Å². The summed E-state index contributed by atoms with van der Waals surface area (Å²) in [4.78, 5) is 2.19. The number of nitrogens with zero attached hydrogens (tertiary/aromatic N) is 1. The van der Waals surface area contributed by atoms with Crippen LogP contribution >= 0.6 is 11.6 Å². The zero-order valence-corrected chi connectivity index (χ0v) is 13.6. The molecule has 0 aliphatic carbocycles. The third kappa shape index (κ3) is 5.70. The van der Waals surface area contributed by atoms with Crippen molar-refractivity contribution in [1.82, 2.24) is 5.32 Å². The van der Waals surface area contributed by atoms with Gasteiger partial charge < -0.3 is 15.3 Å². The van der Waals surface area contributed by atoms with E-state index in [1.165, 1.54) is 0 Å². The normalized spacial score (nSPS) is 11.1. The van der Waals surface area contributed by atoms with E-state index in [2.05, 4.69) is 43.1 Å². The maximum Gasteiger partial charge on any atom is 0.0606 e. The van der Waals surface area contributed by atoms with Crippen molar-refractivity contribution in [2.45, 2.75) is 46.2 Å². The second-order valence-corrected chi connectivity index (χ2v) is 5.78. The number of anilines is 1. The Kier molecular flexibility index (Phi) is 7.97. The highest BCUT2D eigenvalue weighted by molar-refractivity contribution is 6.31. The van der Waals surface area contributed by atoms with E-state index in [0.717, 1.165) is 42.2 Å². The molecule has 1 aromatic rings. The Morgan fingerprint density at radius 3 is 2.60 bits per heavy atom. The lowest BCUT2D eigenvalue weighted by Crippen LogP contribution is -2.28. The van der Waals surface area contributed by atoms with Crippen LogP contribution in [0.5, 0.6) is 0 Å². The monoisotopic (exact) mass is 298 g/mol. The Labute approximate surface area is 127 Å². The van der Waals surface area contributed by atoms with Crippen LogP contribution in [0.25, 0.3) is 0 Å². The van der Waals surface area contributed by atoms with Crippen molar-refractivity contribution in [1.29, 1.82) is 0 Å². The molecule has 3 nitrogen and oxygen atoms in total. The van der Waals surface area contributed by atoms with E-state index in [-0.39, 0.29) is 6.61 Å². The molecule has 114 valence electrons. The fourth-order valence-electron chi connectivity index (χ4n) is 2.03. The third-order valence-corrected chi connectivity index (χ3v) is 3.61. The Balaban J connectivity index is 2.76. The van der Waals surface area contributed by atoms with E-state index in [4.69, 9.17) is 11.6 Å². The molecule has 2 N–H and O–H groups in total. The maximum atomic E-state index is 9.18. The molecule has 0 unspecified atom stereocenters. The number of halogens is 1. The minimum atomic E-state index is 0.165. The molecule has 0 atom stereocenters. The van der Waals surface area contributed by atoms with Gasteiger partial charge in [-0.15, -0.1) is 0 Å². The van der Waals surface area contributed by atoms with Crippen molar-refractivity contribution in [2.24, 2.45) is 0 Å². The number of benzene rings is 1. The van der Waals surface area contributed by atoms with Gasteiger partial charge in [-0.1, -0.05) is 44.9 Å². The number of aliphatic hydroxyl groups is 1. The largest absolute Gasteiger partial charge is 0.395 e. The zero-order valence-electron chi connectivity index (χ0n) is 12.8. The molecule has 0 spiro atoms. The SMILES string of the molecule is CCCCN(CCO)c1ccc(CNC(C)C)c(Cl)c1. The predicted molar refractivity (Wildman–Crippen MR) is 87.6 cm³/mol. The van der Waals surface area contributed by atoms with Crippen LogP contribution < -0.4 is 10.2 Å². The number of hydrogen-bond acceptors (Lipinski definition) is 3. The minimum absolute atomic E-state index is 0.165. The molecule has 0 heterocycles. The van der Waals surface area contributed by atoms with Crippen LogP contribution in [0.3, 0.4) is 0 Å². The number of aliphatic hydroxyl groups excluding tert-OH is 1. The van der Waals surface area contributed by atoms with E-state index in [1.807, 2.05) is 6.07 Å². The molecule has 0 saturated heterocycles. The topological polar surface area (TPSA) is 35.5 Å². The van der Waals surface area contributed by atoms with Crippen LogP contribution in [-0.4, -0.2) is 30.8 Å². The summed E-state index contributed by atoms with van der Waals surface area (Å²) in [6.45, 7) is 8.97. The highest BCUT2D eigenvalue weighted by Gasteiger charge is 2.08. The van der Waals surface area contributed by atoms with Gasteiger partial charge in [0.15, 0.2) is 0 Å². The highest BCUT2D eigenvalue weighted by atomic mass is 35.5. The van der Waals surface area contributed by atoms with Gasteiger partial charge in [0.1, 0.15) is 0 Å². The fraction of sp³-hybridized carbons (Fsp3) is 0.625. The average Bonchev–Trinajstić information content (AvgIpc) is 2.42. The first kappa shape index (κ1) is 17.3. The van der Waals surface area contributed by atoms with E-state index in [9.17, 15) is 5.11 Å². The summed E-state index contributed by atoms with van der Waals surface area (Å²) in [5, 5.41) is 13.3. The first-order chi connectivity index (χ1) is 9.58. The van der Waals surface area contributed by atoms with Gasteiger partial charge >= 0.3 is 0 Å². The number of nitrogens with one attached hydrogen (secondary N) is 1. The molecule has 0 aliphatic rings. The van der Waals surface area contributed by atoms with Gasteiger partial charge in [0.25, 0.3) is 0 Å². The molecule has 0 amide bonds. The summed E-state index contributed by atoms with van der Waals surface area (Å²) in [7, 11) is 0. The third-order valence-electron chi connectivity index (χ3n) is 3.25. The molecular weight excluding hydrogens is 272 g/mol. The van der Waals surface area contributed by atoms with E-state index < -0.39 is 0 Å². The summed E-state index contributed by atoms with van der Waals surface area (Å²) in [5.41, 5.74) is 2.20. The van der Waals surface area contributed by atoms with Gasteiger partial charge in [-0.05, 0) is 24.1 Å². The highest BCUT2D eigenvalue weighted by Crippen LogP contribution is 2.24. The molecule has 0 radical (unpaired) electrons. The Bertz CT molecular complexity index is 396. The van der Waals surface area contributed by atoms with Crippen LogP contribution in [0.4, 0.5) is 5.69 Å². The summed E-state index contributed by atoms with van der Waals surface area (Å²) in [6.07, 6.45) is 2.26. The minimum Gasteiger partial charge on any atom is -0.395 e. The second kappa shape index (κ2) is 9.22. The van der Waals surface area contributed by atoms with Crippen LogP contribution in [0, 0.1) is 0 Å². The van der Waals surface area contributed by atoms with Gasteiger partial charge in [-0.2, -0.15) is 0 Å². The van der Waals surface area contributed by atoms with E-state index in [1.54, 1.807) is 0 Å². The lowest BCUT2D eigenvalue weighted by atomic mass is 10.1. The second-order valence-electron chi connectivity index (χ2n) is 5.38. The van der Waals surface area contributed by atoms with Crippen molar-refractivity contribution in [3.8, 4) is 0 Å². The smallest absolute Gasteiger partial charge is 0.0606 e. The first-order valence-corrected chi connectivity index (χ1v) is 7.83. The molecule has 0 fully saturated rings. The Hall–Kier alpha value is -0.770. The molecule has 1 rings (SSSR count). The van der Waals surface area contributed by atoms with Gasteiger partial charge in [-0.25, -0.2) is 0 Å². The summed E-state index contributed by atoms with van der Waals surface area (Å²) >= 11 is 6.36. The molecular formula is C16H27ClN2O. The van der Waals surface area contributed by atoms with Crippen molar-refractivity contribution in [2.75, 3.05) is 24.6 Å². The summed E-state index contributed by atoms with van der Waals surface area (Å²) < 4.78 is 0. The van der Waals surface area contributed by atoms with E-state index >= 15 is 0 Å². The fourth-order valence-corrected chi connectivity index (χ4v) is 2.27. The summed E-state index contributed by atoms with van der Waals surface area (Å²) in [5.74, 6) is 0. The lowest BCUT2D eigenvalue weighted by Gasteiger charge is -2.24. The van der Waals surface area contributed by atoms with Gasteiger partial charge in [0.05, 0.1) is 6.61 Å². The van der Waals surface area contributed by atoms with Crippen molar-refractivity contribution < 1.29 is 5.11 Å². The molecule has 20 heavy (non-hydrogen) atoms. The summed E-state index contributed by atoms with van der Waals surface area (Å²) in [6, 6.07) is 6.61. The Morgan fingerprint density at radius 1 is 1.30 bits per heavy atom. The zero-order chi connectivity index (χ0) is 15.0. The quantitative estimate of drug-likeness (QED) is 0.733. The molecule has 0 aliphatic heterocycles. The first-order valence-electron chi connectivity index (χ1n) is 7.46. The van der Waals surface area contributed by atoms with Crippen LogP contribution in [-0.2, 0) is 6.54 Å². The molecule has 4 heteroatoms. The molecule has 0 saturated carbocycles. The molecule has 0 aromatic heterocycles. The van der Waals surface area contributed by atoms with Gasteiger partial charge in [-0.3, -0.25) is 0 Å². The number of rotatable bonds is 9. The lowest BCUT2D eigenvalue weighted by molar-refractivity contribution is 0.301. The van der Waals surface area contributed by atoms with Gasteiger partial charge in [0, 0.05) is 36.4 Å². The number of unbranched alkanes of at least 4 members (excludes halogenated alkanes) is 1. The maximum absolute atomic E-state index is 9.18. The van der Waals surface area contributed by atoms with Crippen LogP contribution in [0.2, 0.25) is 5.02 Å². The Morgan fingerprint density at radius 2 is 2.05 bits per heavy atom. The average molecular weight is 299 g/mol. The molecule has 0 bridgehead atoms.